The lowest BCUT2D eigenvalue weighted by atomic mass is 10.1. The Morgan fingerprint density at radius 3 is 2.26 bits per heavy atom. The largest absolute Gasteiger partial charge is 0.348 e. The average molecular weight is 270 g/mol. The molecule has 19 heavy (non-hydrogen) atoms. The van der Waals surface area contributed by atoms with Crippen molar-refractivity contribution in [3.05, 3.63) is 0 Å². The molecule has 2 N–H and O–H groups in total. The van der Waals surface area contributed by atoms with E-state index in [9.17, 15) is 9.59 Å². The summed E-state index contributed by atoms with van der Waals surface area (Å²) in [5.41, 5.74) is 5.85. The van der Waals surface area contributed by atoms with Crippen LogP contribution in [0.1, 0.15) is 19.8 Å². The van der Waals surface area contributed by atoms with E-state index in [4.69, 9.17) is 5.73 Å². The van der Waals surface area contributed by atoms with Gasteiger partial charge in [0, 0.05) is 40.3 Å². The standard InChI is InChI=1S/C13H26N4O2/c1-4-5-11(14)13(19)17-8-6-16(7-9-17)10-12(18)15(2)3/h11H,4-10,14H2,1-3H3/t11-/m1/s1. The van der Waals surface area contributed by atoms with Crippen molar-refractivity contribution in [2.24, 2.45) is 5.73 Å². The van der Waals surface area contributed by atoms with Crippen LogP contribution in [0.4, 0.5) is 0 Å². The fourth-order valence-electron chi connectivity index (χ4n) is 2.13. The van der Waals surface area contributed by atoms with Crippen LogP contribution in [0.2, 0.25) is 0 Å². The molecule has 1 atom stereocenters. The van der Waals surface area contributed by atoms with Gasteiger partial charge in [-0.3, -0.25) is 14.5 Å². The van der Waals surface area contributed by atoms with Crippen LogP contribution >= 0.6 is 0 Å². The van der Waals surface area contributed by atoms with Crippen molar-refractivity contribution >= 4 is 11.8 Å². The first-order chi connectivity index (χ1) is 8.95. The highest BCUT2D eigenvalue weighted by Crippen LogP contribution is 2.06. The van der Waals surface area contributed by atoms with Crippen LogP contribution in [0.5, 0.6) is 0 Å². The zero-order valence-electron chi connectivity index (χ0n) is 12.3. The quantitative estimate of drug-likeness (QED) is 0.720. The number of likely N-dealkylation sites (N-methyl/N-ethyl adjacent to an activating group) is 1. The van der Waals surface area contributed by atoms with Crippen LogP contribution < -0.4 is 5.73 Å². The molecule has 1 saturated heterocycles. The van der Waals surface area contributed by atoms with Gasteiger partial charge in [0.1, 0.15) is 0 Å². The van der Waals surface area contributed by atoms with Crippen LogP contribution in [-0.2, 0) is 9.59 Å². The van der Waals surface area contributed by atoms with Gasteiger partial charge in [-0.1, -0.05) is 13.3 Å². The minimum atomic E-state index is -0.375. The summed E-state index contributed by atoms with van der Waals surface area (Å²) in [7, 11) is 3.51. The Morgan fingerprint density at radius 2 is 1.79 bits per heavy atom. The number of rotatable bonds is 5. The molecule has 0 spiro atoms. The Hall–Kier alpha value is -1.14. The normalized spacial score (nSPS) is 18.2. The Kier molecular flexibility index (Phi) is 6.24. The first kappa shape index (κ1) is 15.9. The Labute approximate surface area is 115 Å². The highest BCUT2D eigenvalue weighted by molar-refractivity contribution is 5.81. The molecule has 0 saturated carbocycles. The van der Waals surface area contributed by atoms with Gasteiger partial charge in [0.2, 0.25) is 11.8 Å². The maximum atomic E-state index is 12.0. The number of hydrogen-bond acceptors (Lipinski definition) is 4. The molecule has 1 rings (SSSR count). The van der Waals surface area contributed by atoms with Gasteiger partial charge in [-0.05, 0) is 6.42 Å². The van der Waals surface area contributed by atoms with Crippen molar-refractivity contribution in [2.45, 2.75) is 25.8 Å². The van der Waals surface area contributed by atoms with Crippen LogP contribution in [0.25, 0.3) is 0 Å². The van der Waals surface area contributed by atoms with Gasteiger partial charge in [-0.25, -0.2) is 0 Å². The van der Waals surface area contributed by atoms with Gasteiger partial charge in [-0.2, -0.15) is 0 Å². The average Bonchev–Trinajstić information content (AvgIpc) is 2.39. The summed E-state index contributed by atoms with van der Waals surface area (Å²) in [6, 6.07) is -0.375. The number of nitrogens with two attached hydrogens (primary N) is 1. The Morgan fingerprint density at radius 1 is 1.21 bits per heavy atom. The molecule has 1 aliphatic heterocycles. The fourth-order valence-corrected chi connectivity index (χ4v) is 2.13. The molecule has 2 amide bonds. The van der Waals surface area contributed by atoms with Gasteiger partial charge in [0.05, 0.1) is 12.6 Å². The molecule has 0 aliphatic carbocycles. The van der Waals surface area contributed by atoms with Gasteiger partial charge >= 0.3 is 0 Å². The van der Waals surface area contributed by atoms with Crippen molar-refractivity contribution in [1.29, 1.82) is 0 Å². The summed E-state index contributed by atoms with van der Waals surface area (Å²) < 4.78 is 0. The predicted octanol–water partition coefficient (Wildman–Crippen LogP) is -0.654. The molecule has 1 heterocycles. The lowest BCUT2D eigenvalue weighted by molar-refractivity contribution is -0.135. The summed E-state index contributed by atoms with van der Waals surface area (Å²) in [6.07, 6.45) is 1.66. The van der Waals surface area contributed by atoms with Gasteiger partial charge in [0.15, 0.2) is 0 Å². The molecular weight excluding hydrogens is 244 g/mol. The fraction of sp³-hybridized carbons (Fsp3) is 0.846. The maximum Gasteiger partial charge on any atom is 0.239 e. The molecule has 0 aromatic carbocycles. The van der Waals surface area contributed by atoms with Gasteiger partial charge < -0.3 is 15.5 Å². The monoisotopic (exact) mass is 270 g/mol. The second-order valence-electron chi connectivity index (χ2n) is 5.28. The summed E-state index contributed by atoms with van der Waals surface area (Å²) in [6.45, 7) is 5.26. The van der Waals surface area contributed by atoms with Crippen molar-refractivity contribution < 1.29 is 9.59 Å². The van der Waals surface area contributed by atoms with Crippen LogP contribution in [0.3, 0.4) is 0 Å². The van der Waals surface area contributed by atoms with E-state index in [2.05, 4.69) is 4.90 Å². The summed E-state index contributed by atoms with van der Waals surface area (Å²) in [5.74, 6) is 0.142. The zero-order valence-corrected chi connectivity index (χ0v) is 12.3. The highest BCUT2D eigenvalue weighted by atomic mass is 16.2. The number of nitrogens with zero attached hydrogens (tertiary/aromatic N) is 3. The van der Waals surface area contributed by atoms with Crippen molar-refractivity contribution in [3.63, 3.8) is 0 Å². The van der Waals surface area contributed by atoms with Crippen LogP contribution in [-0.4, -0.2) is 79.4 Å². The minimum Gasteiger partial charge on any atom is -0.348 e. The van der Waals surface area contributed by atoms with Crippen molar-refractivity contribution in [3.8, 4) is 0 Å². The molecule has 6 heteroatoms. The van der Waals surface area contributed by atoms with E-state index in [1.807, 2.05) is 11.8 Å². The lowest BCUT2D eigenvalue weighted by Crippen LogP contribution is -2.54. The van der Waals surface area contributed by atoms with E-state index in [-0.39, 0.29) is 17.9 Å². The Bertz CT molecular complexity index is 312. The minimum absolute atomic E-state index is 0.0421. The molecule has 110 valence electrons. The van der Waals surface area contributed by atoms with Crippen LogP contribution in [0.15, 0.2) is 0 Å². The number of carbonyl (C=O) groups is 2. The first-order valence-corrected chi connectivity index (χ1v) is 6.92. The summed E-state index contributed by atoms with van der Waals surface area (Å²) in [4.78, 5) is 29.1. The first-order valence-electron chi connectivity index (χ1n) is 6.92. The van der Waals surface area contributed by atoms with E-state index < -0.39 is 0 Å². The number of hydrogen-bond donors (Lipinski definition) is 1. The van der Waals surface area contributed by atoms with E-state index >= 15 is 0 Å². The SMILES string of the molecule is CCC[C@@H](N)C(=O)N1CCN(CC(=O)N(C)C)CC1. The van der Waals surface area contributed by atoms with Crippen molar-refractivity contribution in [1.82, 2.24) is 14.7 Å². The zero-order chi connectivity index (χ0) is 14.4. The molecule has 0 aromatic heterocycles. The smallest absolute Gasteiger partial charge is 0.239 e. The molecular formula is C13H26N4O2. The second kappa shape index (κ2) is 7.45. The maximum absolute atomic E-state index is 12.0. The summed E-state index contributed by atoms with van der Waals surface area (Å²) >= 11 is 0. The third-order valence-electron chi connectivity index (χ3n) is 3.46. The molecule has 0 unspecified atom stereocenters. The van der Waals surface area contributed by atoms with E-state index in [1.54, 1.807) is 19.0 Å². The number of amides is 2. The topological polar surface area (TPSA) is 69.9 Å². The third-order valence-corrected chi connectivity index (χ3v) is 3.46. The Balaban J connectivity index is 2.36. The van der Waals surface area contributed by atoms with E-state index in [1.165, 1.54) is 0 Å². The molecule has 1 fully saturated rings. The molecule has 0 aromatic rings. The molecule has 0 bridgehead atoms. The van der Waals surface area contributed by atoms with E-state index in [0.717, 1.165) is 25.9 Å². The van der Waals surface area contributed by atoms with Gasteiger partial charge in [0.25, 0.3) is 0 Å². The second-order valence-corrected chi connectivity index (χ2v) is 5.28. The van der Waals surface area contributed by atoms with Gasteiger partial charge in [-0.15, -0.1) is 0 Å². The summed E-state index contributed by atoms with van der Waals surface area (Å²) in [5, 5.41) is 0. The van der Waals surface area contributed by atoms with Crippen molar-refractivity contribution in [2.75, 3.05) is 46.8 Å². The predicted molar refractivity (Wildman–Crippen MR) is 74.6 cm³/mol. The third kappa shape index (κ3) is 4.80. The number of piperazine rings is 1. The molecule has 0 radical (unpaired) electrons. The lowest BCUT2D eigenvalue weighted by Gasteiger charge is -2.35. The van der Waals surface area contributed by atoms with E-state index in [0.29, 0.717) is 19.6 Å². The number of carbonyl (C=O) groups excluding carboxylic acids is 2. The van der Waals surface area contributed by atoms with Crippen LogP contribution in [0, 0.1) is 0 Å². The molecule has 6 nitrogen and oxygen atoms in total. The highest BCUT2D eigenvalue weighted by Gasteiger charge is 2.25. The molecule has 1 aliphatic rings.